The van der Waals surface area contributed by atoms with E-state index < -0.39 is 0 Å². The van der Waals surface area contributed by atoms with Crippen LogP contribution in [0.2, 0.25) is 0 Å². The number of carbonyl (C=O) groups excluding carboxylic acids is 1. The summed E-state index contributed by atoms with van der Waals surface area (Å²) in [6.07, 6.45) is 2.52. The van der Waals surface area contributed by atoms with Gasteiger partial charge in [0.25, 0.3) is 0 Å². The molecule has 0 aliphatic carbocycles. The van der Waals surface area contributed by atoms with Crippen LogP contribution >= 0.6 is 0 Å². The Morgan fingerprint density at radius 3 is 2.45 bits per heavy atom. The van der Waals surface area contributed by atoms with Gasteiger partial charge in [0, 0.05) is 24.2 Å². The molecule has 0 saturated heterocycles. The maximum absolute atomic E-state index is 14.7. The van der Waals surface area contributed by atoms with E-state index >= 15 is 0 Å². The number of nitrogens with zero attached hydrogens (tertiary/aromatic N) is 1. The fourth-order valence-electron chi connectivity index (χ4n) is 3.56. The highest BCUT2D eigenvalue weighted by molar-refractivity contribution is 5.71. The summed E-state index contributed by atoms with van der Waals surface area (Å²) >= 11 is 0. The summed E-state index contributed by atoms with van der Waals surface area (Å²) < 4.78 is 30.6. The van der Waals surface area contributed by atoms with E-state index in [1.54, 1.807) is 25.4 Å². The van der Waals surface area contributed by atoms with Gasteiger partial charge in [-0.15, -0.1) is 0 Å². The average molecular weight is 452 g/mol. The molecular weight excluding hydrogens is 421 g/mol. The Bertz CT molecular complexity index is 1120. The highest BCUT2D eigenvalue weighted by Gasteiger charge is 2.21. The second-order valence-corrected chi connectivity index (χ2v) is 8.84. The molecule has 3 aromatic rings. The number of pyridine rings is 1. The lowest BCUT2D eigenvalue weighted by Crippen LogP contribution is -2.14. The molecule has 0 aliphatic rings. The Kier molecular flexibility index (Phi) is 7.69. The highest BCUT2D eigenvalue weighted by Crippen LogP contribution is 2.36. The SMILES string of the molecule is COC(=O)CCc1ccnc(OCc2ccc(-c3cc(OC)ccc3F)c(C(C)(C)C)c2)c1. The van der Waals surface area contributed by atoms with Gasteiger partial charge in [0.2, 0.25) is 5.88 Å². The zero-order valence-electron chi connectivity index (χ0n) is 19.8. The average Bonchev–Trinajstić information content (AvgIpc) is 2.81. The van der Waals surface area contributed by atoms with Gasteiger partial charge in [-0.2, -0.15) is 0 Å². The van der Waals surface area contributed by atoms with E-state index in [2.05, 4.69) is 31.8 Å². The van der Waals surface area contributed by atoms with Gasteiger partial charge in [-0.05, 0) is 58.4 Å². The van der Waals surface area contributed by atoms with Gasteiger partial charge < -0.3 is 14.2 Å². The Morgan fingerprint density at radius 2 is 1.76 bits per heavy atom. The Morgan fingerprint density at radius 1 is 0.970 bits per heavy atom. The minimum absolute atomic E-state index is 0.215. The summed E-state index contributed by atoms with van der Waals surface area (Å²) in [5.41, 5.74) is 4.03. The number of methoxy groups -OCH3 is 2. The normalized spacial score (nSPS) is 11.2. The van der Waals surface area contributed by atoms with Crippen molar-refractivity contribution in [2.75, 3.05) is 14.2 Å². The van der Waals surface area contributed by atoms with E-state index in [9.17, 15) is 9.18 Å². The second-order valence-electron chi connectivity index (χ2n) is 8.84. The van der Waals surface area contributed by atoms with Crippen LogP contribution in [0.15, 0.2) is 54.7 Å². The first-order valence-corrected chi connectivity index (χ1v) is 10.8. The topological polar surface area (TPSA) is 57.7 Å². The van der Waals surface area contributed by atoms with Gasteiger partial charge in [0.1, 0.15) is 18.2 Å². The predicted molar refractivity (Wildman–Crippen MR) is 126 cm³/mol. The van der Waals surface area contributed by atoms with E-state index in [1.807, 2.05) is 24.3 Å². The van der Waals surface area contributed by atoms with Gasteiger partial charge in [0.05, 0.1) is 14.2 Å². The summed E-state index contributed by atoms with van der Waals surface area (Å²) in [6, 6.07) is 14.4. The molecule has 0 spiro atoms. The van der Waals surface area contributed by atoms with Crippen molar-refractivity contribution in [1.29, 1.82) is 0 Å². The number of hydrogen-bond donors (Lipinski definition) is 0. The smallest absolute Gasteiger partial charge is 0.305 e. The third-order valence-corrected chi connectivity index (χ3v) is 5.39. The van der Waals surface area contributed by atoms with Crippen molar-refractivity contribution in [1.82, 2.24) is 4.98 Å². The third-order valence-electron chi connectivity index (χ3n) is 5.39. The van der Waals surface area contributed by atoms with Crippen LogP contribution in [0.1, 0.15) is 43.9 Å². The number of esters is 1. The molecule has 2 aromatic carbocycles. The molecule has 33 heavy (non-hydrogen) atoms. The van der Waals surface area contributed by atoms with Gasteiger partial charge in [-0.25, -0.2) is 9.37 Å². The summed E-state index contributed by atoms with van der Waals surface area (Å²) in [6.45, 7) is 6.61. The van der Waals surface area contributed by atoms with Crippen molar-refractivity contribution in [3.8, 4) is 22.8 Å². The van der Waals surface area contributed by atoms with E-state index in [4.69, 9.17) is 14.2 Å². The maximum atomic E-state index is 14.7. The van der Waals surface area contributed by atoms with E-state index in [0.717, 1.165) is 22.3 Å². The molecule has 174 valence electrons. The van der Waals surface area contributed by atoms with Crippen LogP contribution in [-0.4, -0.2) is 25.2 Å². The zero-order valence-corrected chi connectivity index (χ0v) is 19.8. The molecule has 0 unspecified atom stereocenters. The number of ether oxygens (including phenoxy) is 3. The van der Waals surface area contributed by atoms with E-state index in [1.165, 1.54) is 13.2 Å². The molecule has 0 atom stereocenters. The number of carbonyl (C=O) groups is 1. The minimum atomic E-state index is -0.293. The first kappa shape index (κ1) is 24.2. The Hall–Kier alpha value is -3.41. The molecule has 6 heteroatoms. The number of aryl methyl sites for hydroxylation is 1. The quantitative estimate of drug-likeness (QED) is 0.401. The standard InChI is InChI=1S/C27H30FNO4/c1-27(2,3)23-14-19(6-9-21(23)22-16-20(31-4)8-10-24(22)28)17-33-25-15-18(12-13-29-25)7-11-26(30)32-5/h6,8-10,12-16H,7,11,17H2,1-5H3. The molecule has 0 aliphatic heterocycles. The molecule has 0 amide bonds. The molecule has 0 N–H and O–H groups in total. The van der Waals surface area contributed by atoms with Crippen molar-refractivity contribution < 1.29 is 23.4 Å². The molecule has 0 radical (unpaired) electrons. The fourth-order valence-corrected chi connectivity index (χ4v) is 3.56. The van der Waals surface area contributed by atoms with Crippen molar-refractivity contribution in [2.45, 2.75) is 45.6 Å². The molecule has 1 aromatic heterocycles. The largest absolute Gasteiger partial charge is 0.497 e. The van der Waals surface area contributed by atoms with Crippen LogP contribution in [0.5, 0.6) is 11.6 Å². The van der Waals surface area contributed by atoms with Gasteiger partial charge in [-0.3, -0.25) is 4.79 Å². The van der Waals surface area contributed by atoms with Crippen LogP contribution in [0.4, 0.5) is 4.39 Å². The molecule has 1 heterocycles. The number of benzene rings is 2. The molecule has 5 nitrogen and oxygen atoms in total. The Balaban J connectivity index is 1.83. The predicted octanol–water partition coefficient (Wildman–Crippen LogP) is 5.88. The highest BCUT2D eigenvalue weighted by atomic mass is 19.1. The molecule has 0 bridgehead atoms. The minimum Gasteiger partial charge on any atom is -0.497 e. The van der Waals surface area contributed by atoms with E-state index in [-0.39, 0.29) is 17.2 Å². The lowest BCUT2D eigenvalue weighted by molar-refractivity contribution is -0.140. The summed E-state index contributed by atoms with van der Waals surface area (Å²) in [4.78, 5) is 15.6. The summed E-state index contributed by atoms with van der Waals surface area (Å²) in [5.74, 6) is 0.546. The first-order valence-electron chi connectivity index (χ1n) is 10.8. The van der Waals surface area contributed by atoms with Gasteiger partial charge >= 0.3 is 5.97 Å². The Labute approximate surface area is 194 Å². The van der Waals surface area contributed by atoms with Crippen LogP contribution < -0.4 is 9.47 Å². The van der Waals surface area contributed by atoms with Crippen LogP contribution in [0.25, 0.3) is 11.1 Å². The fraction of sp³-hybridized carbons (Fsp3) is 0.333. The van der Waals surface area contributed by atoms with Crippen molar-refractivity contribution >= 4 is 5.97 Å². The first-order chi connectivity index (χ1) is 15.7. The molecular formula is C27H30FNO4. The molecule has 0 fully saturated rings. The van der Waals surface area contributed by atoms with Crippen LogP contribution in [0, 0.1) is 5.82 Å². The van der Waals surface area contributed by atoms with Gasteiger partial charge in [-0.1, -0.05) is 39.0 Å². The van der Waals surface area contributed by atoms with Crippen molar-refractivity contribution in [2.24, 2.45) is 0 Å². The lowest BCUT2D eigenvalue weighted by atomic mass is 9.81. The third kappa shape index (κ3) is 6.31. The van der Waals surface area contributed by atoms with Crippen molar-refractivity contribution in [3.05, 3.63) is 77.2 Å². The number of hydrogen-bond acceptors (Lipinski definition) is 5. The van der Waals surface area contributed by atoms with Crippen LogP contribution in [0.3, 0.4) is 0 Å². The van der Waals surface area contributed by atoms with Gasteiger partial charge in [0.15, 0.2) is 0 Å². The van der Waals surface area contributed by atoms with E-state index in [0.29, 0.717) is 36.6 Å². The summed E-state index contributed by atoms with van der Waals surface area (Å²) in [5, 5.41) is 0. The number of rotatable bonds is 8. The monoisotopic (exact) mass is 451 g/mol. The number of aromatic nitrogens is 1. The van der Waals surface area contributed by atoms with Crippen molar-refractivity contribution in [3.63, 3.8) is 0 Å². The molecule has 3 rings (SSSR count). The second kappa shape index (κ2) is 10.5. The van der Waals surface area contributed by atoms with Crippen LogP contribution in [-0.2, 0) is 28.0 Å². The molecule has 0 saturated carbocycles. The summed E-state index contributed by atoms with van der Waals surface area (Å²) in [7, 11) is 2.95. The zero-order chi connectivity index (χ0) is 24.0. The lowest BCUT2D eigenvalue weighted by Gasteiger charge is -2.24. The number of halogens is 1. The maximum Gasteiger partial charge on any atom is 0.305 e.